The number of methoxy groups -OCH3 is 1. The molecule has 0 fully saturated rings. The number of Topliss-reactive ketones (excluding diaryl/α,β-unsaturated/α-hetero) is 1. The molecule has 0 bridgehead atoms. The zero-order valence-corrected chi connectivity index (χ0v) is 16.2. The van der Waals surface area contributed by atoms with E-state index in [9.17, 15) is 14.7 Å². The molecule has 0 heterocycles. The maximum atomic E-state index is 12.8. The Kier molecular flexibility index (Phi) is 5.83. The minimum atomic E-state index is -0.452. The highest BCUT2D eigenvalue weighted by Crippen LogP contribution is 2.41. The standard InChI is InChI=1S/C23H25NO4/c1-16(25)19-14-23(13-12-20(19)26,17-8-4-3-5-9-17)15-24-22(27)18-10-6-7-11-21(18)28-2/h3-11,26H,12-15H2,1-2H3,(H,24,27). The van der Waals surface area contributed by atoms with Crippen LogP contribution in [0.4, 0.5) is 0 Å². The number of amides is 1. The summed E-state index contributed by atoms with van der Waals surface area (Å²) in [5, 5.41) is 13.2. The molecule has 0 aromatic heterocycles. The second-order valence-corrected chi connectivity index (χ2v) is 7.19. The first-order chi connectivity index (χ1) is 13.5. The maximum Gasteiger partial charge on any atom is 0.255 e. The van der Waals surface area contributed by atoms with E-state index in [4.69, 9.17) is 4.74 Å². The van der Waals surface area contributed by atoms with E-state index >= 15 is 0 Å². The first-order valence-electron chi connectivity index (χ1n) is 9.35. The van der Waals surface area contributed by atoms with E-state index < -0.39 is 5.41 Å². The van der Waals surface area contributed by atoms with Gasteiger partial charge in [0.15, 0.2) is 5.78 Å². The van der Waals surface area contributed by atoms with Crippen LogP contribution in [0.3, 0.4) is 0 Å². The zero-order valence-electron chi connectivity index (χ0n) is 16.2. The number of hydrogen-bond donors (Lipinski definition) is 2. The number of para-hydroxylation sites is 1. The van der Waals surface area contributed by atoms with Crippen LogP contribution < -0.4 is 10.1 Å². The number of carbonyl (C=O) groups is 2. The summed E-state index contributed by atoms with van der Waals surface area (Å²) in [6, 6.07) is 16.9. The van der Waals surface area contributed by atoms with E-state index in [1.54, 1.807) is 18.2 Å². The third kappa shape index (κ3) is 3.93. The average Bonchev–Trinajstić information content (AvgIpc) is 2.73. The highest BCUT2D eigenvalue weighted by atomic mass is 16.5. The van der Waals surface area contributed by atoms with Gasteiger partial charge in [-0.2, -0.15) is 0 Å². The molecule has 1 unspecified atom stereocenters. The molecule has 3 rings (SSSR count). The van der Waals surface area contributed by atoms with E-state index in [2.05, 4.69) is 5.32 Å². The Morgan fingerprint density at radius 1 is 1.11 bits per heavy atom. The number of aliphatic hydroxyl groups excluding tert-OH is 1. The van der Waals surface area contributed by atoms with Gasteiger partial charge in [0.05, 0.1) is 18.4 Å². The fraction of sp³-hybridized carbons (Fsp3) is 0.304. The predicted molar refractivity (Wildman–Crippen MR) is 108 cm³/mol. The zero-order chi connectivity index (χ0) is 20.1. The molecule has 146 valence electrons. The van der Waals surface area contributed by atoms with Crippen molar-refractivity contribution in [1.82, 2.24) is 5.32 Å². The van der Waals surface area contributed by atoms with E-state index in [0.717, 1.165) is 5.56 Å². The molecular weight excluding hydrogens is 354 g/mol. The van der Waals surface area contributed by atoms with Gasteiger partial charge < -0.3 is 15.2 Å². The van der Waals surface area contributed by atoms with Crippen LogP contribution in [0.25, 0.3) is 0 Å². The van der Waals surface area contributed by atoms with Crippen molar-refractivity contribution >= 4 is 11.7 Å². The molecule has 0 saturated heterocycles. The lowest BCUT2D eigenvalue weighted by molar-refractivity contribution is -0.114. The molecule has 2 N–H and O–H groups in total. The normalized spacial score (nSPS) is 19.2. The van der Waals surface area contributed by atoms with Crippen LogP contribution in [-0.4, -0.2) is 30.5 Å². The first kappa shape index (κ1) is 19.7. The van der Waals surface area contributed by atoms with Crippen molar-refractivity contribution in [1.29, 1.82) is 0 Å². The molecule has 1 atom stereocenters. The smallest absolute Gasteiger partial charge is 0.255 e. The Labute approximate surface area is 165 Å². The molecule has 1 amide bonds. The fourth-order valence-corrected chi connectivity index (χ4v) is 3.83. The van der Waals surface area contributed by atoms with E-state index in [1.165, 1.54) is 14.0 Å². The van der Waals surface area contributed by atoms with Gasteiger partial charge in [-0.3, -0.25) is 9.59 Å². The van der Waals surface area contributed by atoms with Crippen molar-refractivity contribution in [3.05, 3.63) is 77.1 Å². The van der Waals surface area contributed by atoms with Gasteiger partial charge >= 0.3 is 0 Å². The Balaban J connectivity index is 1.89. The summed E-state index contributed by atoms with van der Waals surface area (Å²) < 4.78 is 5.28. The molecule has 0 aliphatic heterocycles. The maximum absolute atomic E-state index is 12.8. The minimum Gasteiger partial charge on any atom is -0.512 e. The van der Waals surface area contributed by atoms with E-state index in [0.29, 0.717) is 42.7 Å². The lowest BCUT2D eigenvalue weighted by Crippen LogP contribution is -2.43. The van der Waals surface area contributed by atoms with Crippen molar-refractivity contribution in [2.45, 2.75) is 31.6 Å². The van der Waals surface area contributed by atoms with Crippen LogP contribution in [0, 0.1) is 0 Å². The molecule has 0 saturated carbocycles. The van der Waals surface area contributed by atoms with Crippen LogP contribution in [0.1, 0.15) is 42.1 Å². The molecule has 0 radical (unpaired) electrons. The Hall–Kier alpha value is -3.08. The predicted octanol–water partition coefficient (Wildman–Crippen LogP) is 3.95. The minimum absolute atomic E-state index is 0.131. The fourth-order valence-electron chi connectivity index (χ4n) is 3.83. The third-order valence-electron chi connectivity index (χ3n) is 5.45. The van der Waals surface area contributed by atoms with Gasteiger partial charge in [-0.05, 0) is 37.5 Å². The number of nitrogens with one attached hydrogen (secondary N) is 1. The third-order valence-corrected chi connectivity index (χ3v) is 5.45. The summed E-state index contributed by atoms with van der Waals surface area (Å²) in [6.07, 6.45) is 1.45. The molecule has 5 nitrogen and oxygen atoms in total. The van der Waals surface area contributed by atoms with Crippen molar-refractivity contribution in [2.75, 3.05) is 13.7 Å². The Morgan fingerprint density at radius 2 is 1.79 bits per heavy atom. The monoisotopic (exact) mass is 379 g/mol. The van der Waals surface area contributed by atoms with Gasteiger partial charge in [-0.1, -0.05) is 42.5 Å². The number of carbonyl (C=O) groups excluding carboxylic acids is 2. The molecule has 2 aromatic carbocycles. The van der Waals surface area contributed by atoms with Gasteiger partial charge in [0.25, 0.3) is 5.91 Å². The molecule has 2 aromatic rings. The van der Waals surface area contributed by atoms with E-state index in [1.807, 2.05) is 36.4 Å². The van der Waals surface area contributed by atoms with Crippen LogP contribution in [-0.2, 0) is 10.2 Å². The number of allylic oxidation sites excluding steroid dienone is 2. The van der Waals surface area contributed by atoms with Gasteiger partial charge in [0, 0.05) is 24.0 Å². The van der Waals surface area contributed by atoms with Gasteiger partial charge in [-0.25, -0.2) is 0 Å². The van der Waals surface area contributed by atoms with Crippen LogP contribution in [0.15, 0.2) is 65.9 Å². The van der Waals surface area contributed by atoms with Gasteiger partial charge in [0.1, 0.15) is 5.75 Å². The highest BCUT2D eigenvalue weighted by molar-refractivity contribution is 5.97. The molecule has 5 heteroatoms. The lowest BCUT2D eigenvalue weighted by atomic mass is 9.68. The Morgan fingerprint density at radius 3 is 2.46 bits per heavy atom. The van der Waals surface area contributed by atoms with E-state index in [-0.39, 0.29) is 17.4 Å². The average molecular weight is 379 g/mol. The summed E-state index contributed by atoms with van der Waals surface area (Å²) in [4.78, 5) is 24.9. The number of hydrogen-bond acceptors (Lipinski definition) is 4. The number of benzene rings is 2. The summed E-state index contributed by atoms with van der Waals surface area (Å²) in [5.74, 6) is 0.318. The molecular formula is C23H25NO4. The second-order valence-electron chi connectivity index (χ2n) is 7.19. The SMILES string of the molecule is COc1ccccc1C(=O)NCC1(c2ccccc2)CCC(O)=C(C(C)=O)C1. The second kappa shape index (κ2) is 8.30. The lowest BCUT2D eigenvalue weighted by Gasteiger charge is -2.38. The molecule has 1 aliphatic rings. The van der Waals surface area contributed by atoms with Crippen molar-refractivity contribution < 1.29 is 19.4 Å². The van der Waals surface area contributed by atoms with Gasteiger partial charge in [0.2, 0.25) is 0 Å². The first-order valence-corrected chi connectivity index (χ1v) is 9.35. The number of rotatable bonds is 6. The summed E-state index contributed by atoms with van der Waals surface area (Å²) >= 11 is 0. The molecule has 1 aliphatic carbocycles. The van der Waals surface area contributed by atoms with Crippen molar-refractivity contribution in [3.63, 3.8) is 0 Å². The quantitative estimate of drug-likeness (QED) is 0.797. The largest absolute Gasteiger partial charge is 0.512 e. The highest BCUT2D eigenvalue weighted by Gasteiger charge is 2.39. The summed E-state index contributed by atoms with van der Waals surface area (Å²) in [5.41, 5.74) is 1.50. The topological polar surface area (TPSA) is 75.6 Å². The molecule has 28 heavy (non-hydrogen) atoms. The number of aliphatic hydroxyl groups is 1. The Bertz CT molecular complexity index is 904. The van der Waals surface area contributed by atoms with Crippen molar-refractivity contribution in [2.24, 2.45) is 0 Å². The molecule has 0 spiro atoms. The van der Waals surface area contributed by atoms with Crippen LogP contribution in [0.5, 0.6) is 5.75 Å². The number of ether oxygens (including phenoxy) is 1. The van der Waals surface area contributed by atoms with Crippen LogP contribution in [0.2, 0.25) is 0 Å². The van der Waals surface area contributed by atoms with Crippen LogP contribution >= 0.6 is 0 Å². The van der Waals surface area contributed by atoms with Gasteiger partial charge in [-0.15, -0.1) is 0 Å². The summed E-state index contributed by atoms with van der Waals surface area (Å²) in [7, 11) is 1.53. The summed E-state index contributed by atoms with van der Waals surface area (Å²) in [6.45, 7) is 1.83. The number of ketones is 1. The van der Waals surface area contributed by atoms with Crippen molar-refractivity contribution in [3.8, 4) is 5.75 Å².